The first-order valence-electron chi connectivity index (χ1n) is 10.5. The van der Waals surface area contributed by atoms with Crippen molar-refractivity contribution in [2.24, 2.45) is 0 Å². The summed E-state index contributed by atoms with van der Waals surface area (Å²) in [5.41, 5.74) is -4.25. The topological polar surface area (TPSA) is 60.4 Å². The Labute approximate surface area is 207 Å². The van der Waals surface area contributed by atoms with Crippen LogP contribution in [0.2, 0.25) is 0 Å². The third-order valence-corrected chi connectivity index (χ3v) is 7.26. The Bertz CT molecular complexity index is 1070. The highest BCUT2D eigenvalue weighted by atomic mass is 32.2. The van der Waals surface area contributed by atoms with Crippen LogP contribution in [0.1, 0.15) is 26.3 Å². The van der Waals surface area contributed by atoms with Gasteiger partial charge in [0.15, 0.2) is 14.7 Å². The summed E-state index contributed by atoms with van der Waals surface area (Å²) < 4.78 is 68.8. The average molecular weight is 531 g/mol. The SMILES string of the molecule is CC(C)(C)c1ccc([S+](c2ccccc2)c2ccccc2)cc1.O=C([O-])C(O)(C(F)(F)F)C(F)(F)F. The van der Waals surface area contributed by atoms with Crippen LogP contribution in [-0.2, 0) is 21.1 Å². The van der Waals surface area contributed by atoms with Crippen molar-refractivity contribution in [1.29, 1.82) is 0 Å². The highest BCUT2D eigenvalue weighted by Gasteiger charge is 2.71. The number of benzene rings is 3. The molecule has 0 spiro atoms. The molecule has 0 radical (unpaired) electrons. The lowest BCUT2D eigenvalue weighted by Gasteiger charge is -2.32. The van der Waals surface area contributed by atoms with Crippen LogP contribution < -0.4 is 5.11 Å². The molecule has 3 aromatic rings. The van der Waals surface area contributed by atoms with Gasteiger partial charge in [-0.05, 0) is 47.4 Å². The molecule has 0 unspecified atom stereocenters. The van der Waals surface area contributed by atoms with E-state index in [4.69, 9.17) is 5.11 Å². The molecule has 0 aliphatic carbocycles. The first-order valence-corrected chi connectivity index (χ1v) is 11.7. The predicted molar refractivity (Wildman–Crippen MR) is 122 cm³/mol. The maximum atomic E-state index is 11.5. The Balaban J connectivity index is 0.000000302. The summed E-state index contributed by atoms with van der Waals surface area (Å²) in [6, 6.07) is 30.7. The van der Waals surface area contributed by atoms with Crippen LogP contribution in [0.3, 0.4) is 0 Å². The van der Waals surface area contributed by atoms with Crippen molar-refractivity contribution in [2.45, 2.75) is 58.8 Å². The fourth-order valence-electron chi connectivity index (χ4n) is 3.00. The third-order valence-electron chi connectivity index (χ3n) is 5.03. The molecule has 3 aromatic carbocycles. The Morgan fingerprint density at radius 3 is 1.25 bits per heavy atom. The van der Waals surface area contributed by atoms with Crippen LogP contribution >= 0.6 is 0 Å². The van der Waals surface area contributed by atoms with Gasteiger partial charge in [0.1, 0.15) is 0 Å². The Kier molecular flexibility index (Phi) is 8.91. The van der Waals surface area contributed by atoms with Crippen molar-refractivity contribution in [3.8, 4) is 0 Å². The molecule has 0 amide bonds. The van der Waals surface area contributed by atoms with Crippen LogP contribution in [0.15, 0.2) is 99.6 Å². The smallest absolute Gasteiger partial charge is 0.431 e. The molecule has 0 fully saturated rings. The van der Waals surface area contributed by atoms with E-state index in [9.17, 15) is 36.2 Å². The minimum Gasteiger partial charge on any atom is -0.546 e. The van der Waals surface area contributed by atoms with Crippen LogP contribution in [-0.4, -0.2) is 29.0 Å². The quantitative estimate of drug-likeness (QED) is 0.349. The van der Waals surface area contributed by atoms with Crippen molar-refractivity contribution in [1.82, 2.24) is 0 Å². The highest BCUT2D eigenvalue weighted by molar-refractivity contribution is 7.97. The molecule has 0 atom stereocenters. The second-order valence-corrected chi connectivity index (χ2v) is 10.7. The minimum atomic E-state index is -6.37. The van der Waals surface area contributed by atoms with Crippen molar-refractivity contribution >= 4 is 16.9 Å². The summed E-state index contributed by atoms with van der Waals surface area (Å²) in [4.78, 5) is 13.6. The molecule has 0 bridgehead atoms. The van der Waals surface area contributed by atoms with E-state index in [-0.39, 0.29) is 16.3 Å². The van der Waals surface area contributed by atoms with Crippen molar-refractivity contribution in [3.05, 3.63) is 90.5 Å². The number of carbonyl (C=O) groups excluding carboxylic acids is 1. The summed E-state index contributed by atoms with van der Waals surface area (Å²) in [5.74, 6) is -3.66. The number of carbonyl (C=O) groups is 1. The molecule has 0 aliphatic rings. The summed E-state index contributed by atoms with van der Waals surface area (Å²) in [7, 11) is -0.0497. The van der Waals surface area contributed by atoms with Gasteiger partial charge in [0.2, 0.25) is 0 Å². The number of carboxylic acids is 1. The normalized spacial score (nSPS) is 12.6. The van der Waals surface area contributed by atoms with Gasteiger partial charge in [-0.25, -0.2) is 0 Å². The maximum Gasteiger partial charge on any atom is 0.431 e. The van der Waals surface area contributed by atoms with Gasteiger partial charge in [0, 0.05) is 0 Å². The molecular formula is C26H24F6O3S. The Hall–Kier alpha value is -2.98. The number of halogens is 6. The molecule has 0 saturated carbocycles. The molecule has 1 N–H and O–H groups in total. The zero-order chi connectivity index (χ0) is 27.4. The van der Waals surface area contributed by atoms with Gasteiger partial charge in [-0.2, -0.15) is 26.3 Å². The molecular weight excluding hydrogens is 506 g/mol. The second-order valence-electron chi connectivity index (χ2n) is 8.70. The van der Waals surface area contributed by atoms with Crippen molar-refractivity contribution in [3.63, 3.8) is 0 Å². The van der Waals surface area contributed by atoms with E-state index in [2.05, 4.69) is 106 Å². The Morgan fingerprint density at radius 1 is 0.667 bits per heavy atom. The van der Waals surface area contributed by atoms with Crippen LogP contribution in [0.25, 0.3) is 0 Å². The third kappa shape index (κ3) is 6.61. The van der Waals surface area contributed by atoms with Gasteiger partial charge in [0.25, 0.3) is 5.60 Å². The minimum absolute atomic E-state index is 0.0497. The summed E-state index contributed by atoms with van der Waals surface area (Å²) in [6.45, 7) is 6.78. The summed E-state index contributed by atoms with van der Waals surface area (Å²) in [5, 5.41) is 17.4. The van der Waals surface area contributed by atoms with Crippen molar-refractivity contribution in [2.75, 3.05) is 0 Å². The molecule has 194 valence electrons. The largest absolute Gasteiger partial charge is 0.546 e. The first kappa shape index (κ1) is 29.3. The van der Waals surface area contributed by atoms with Crippen LogP contribution in [0, 0.1) is 0 Å². The first-order chi connectivity index (χ1) is 16.5. The number of aliphatic carboxylic acids is 1. The molecule has 36 heavy (non-hydrogen) atoms. The van der Waals surface area contributed by atoms with E-state index in [1.807, 2.05) is 0 Å². The zero-order valence-corrected chi connectivity index (χ0v) is 20.3. The Morgan fingerprint density at radius 2 is 1.00 bits per heavy atom. The monoisotopic (exact) mass is 530 g/mol. The molecule has 0 aromatic heterocycles. The lowest BCUT2D eigenvalue weighted by molar-refractivity contribution is -0.402. The molecule has 0 saturated heterocycles. The van der Waals surface area contributed by atoms with Gasteiger partial charge < -0.3 is 15.0 Å². The molecule has 3 rings (SSSR count). The average Bonchev–Trinajstić information content (AvgIpc) is 2.79. The van der Waals surface area contributed by atoms with Crippen LogP contribution in [0.4, 0.5) is 26.3 Å². The number of aliphatic hydroxyl groups is 1. The fourth-order valence-corrected chi connectivity index (χ4v) is 5.09. The van der Waals surface area contributed by atoms with E-state index in [0.717, 1.165) is 0 Å². The number of hydrogen-bond acceptors (Lipinski definition) is 3. The molecule has 10 heteroatoms. The van der Waals surface area contributed by atoms with Crippen molar-refractivity contribution < 1.29 is 41.4 Å². The van der Waals surface area contributed by atoms with E-state index >= 15 is 0 Å². The van der Waals surface area contributed by atoms with Gasteiger partial charge in [-0.15, -0.1) is 0 Å². The lowest BCUT2D eigenvalue weighted by Crippen LogP contribution is -2.66. The van der Waals surface area contributed by atoms with Gasteiger partial charge in [0.05, 0.1) is 16.9 Å². The van der Waals surface area contributed by atoms with Gasteiger partial charge in [-0.1, -0.05) is 69.3 Å². The van der Waals surface area contributed by atoms with Gasteiger partial charge >= 0.3 is 12.4 Å². The zero-order valence-electron chi connectivity index (χ0n) is 19.5. The number of hydrogen-bond donors (Lipinski definition) is 1. The fraction of sp³-hybridized carbons (Fsp3) is 0.269. The highest BCUT2D eigenvalue weighted by Crippen LogP contribution is 2.42. The molecule has 3 nitrogen and oxygen atoms in total. The second kappa shape index (κ2) is 11.0. The molecule has 0 heterocycles. The van der Waals surface area contributed by atoms with E-state index in [1.165, 1.54) is 20.2 Å². The van der Waals surface area contributed by atoms with Gasteiger partial charge in [-0.3, -0.25) is 0 Å². The van der Waals surface area contributed by atoms with Crippen LogP contribution in [0.5, 0.6) is 0 Å². The standard InChI is InChI=1S/C22H23S.C4H2F6O3/c1-22(2,3)18-14-16-21(17-15-18)23(19-10-6-4-7-11-19)20-12-8-5-9-13-20;5-3(6,7)2(13,1(11)12)4(8,9)10/h4-17H,1-3H3;13H,(H,11,12)/q+1;/p-1. The molecule has 0 aliphatic heterocycles. The van der Waals surface area contributed by atoms with E-state index < -0.39 is 23.9 Å². The summed E-state index contributed by atoms with van der Waals surface area (Å²) >= 11 is 0. The number of alkyl halides is 6. The van der Waals surface area contributed by atoms with E-state index in [1.54, 1.807) is 0 Å². The predicted octanol–water partition coefficient (Wildman–Crippen LogP) is 5.67. The lowest BCUT2D eigenvalue weighted by atomic mass is 9.87. The number of carboxylic acid groups (broad SMARTS) is 1. The summed E-state index contributed by atoms with van der Waals surface area (Å²) in [6.07, 6.45) is -12.7. The maximum absolute atomic E-state index is 11.5. The number of rotatable bonds is 4. The van der Waals surface area contributed by atoms with E-state index in [0.29, 0.717) is 0 Å².